The molecular weight excluding hydrogens is 435 g/mol. The van der Waals surface area contributed by atoms with Gasteiger partial charge in [0.1, 0.15) is 23.1 Å². The number of halogens is 1. The summed E-state index contributed by atoms with van der Waals surface area (Å²) in [4.78, 5) is 0.183. The molecule has 2 rings (SSSR count). The maximum Gasteiger partial charge on any atom is 0.246 e. The fraction of sp³-hybridized carbons (Fsp3) is 0.478. The van der Waals surface area contributed by atoms with Gasteiger partial charge in [-0.05, 0) is 49.2 Å². The Morgan fingerprint density at radius 3 is 2.41 bits per heavy atom. The average Bonchev–Trinajstić information content (AvgIpc) is 2.80. The first-order chi connectivity index (χ1) is 15.3. The molecular formula is C23H33FN2O5S. The van der Waals surface area contributed by atoms with Crippen LogP contribution in [-0.2, 0) is 16.4 Å². The van der Waals surface area contributed by atoms with E-state index in [-0.39, 0.29) is 10.7 Å². The lowest BCUT2D eigenvalue weighted by molar-refractivity contribution is 0.291. The van der Waals surface area contributed by atoms with Crippen molar-refractivity contribution in [2.24, 2.45) is 0 Å². The van der Waals surface area contributed by atoms with Crippen LogP contribution in [0, 0.1) is 5.82 Å². The summed E-state index contributed by atoms with van der Waals surface area (Å²) in [5.41, 5.74) is 0.891. The number of ether oxygens (including phenoxy) is 3. The highest BCUT2D eigenvalue weighted by Crippen LogP contribution is 2.28. The van der Waals surface area contributed by atoms with Crippen molar-refractivity contribution >= 4 is 10.0 Å². The van der Waals surface area contributed by atoms with Crippen LogP contribution in [0.3, 0.4) is 0 Å². The number of sulfonamides is 1. The van der Waals surface area contributed by atoms with E-state index in [1.54, 1.807) is 19.2 Å². The van der Waals surface area contributed by atoms with Crippen molar-refractivity contribution < 1.29 is 27.0 Å². The number of unbranched alkanes of at least 4 members (excludes halogenated alkanes) is 1. The Morgan fingerprint density at radius 1 is 1.00 bits per heavy atom. The zero-order chi connectivity index (χ0) is 23.6. The molecule has 0 saturated carbocycles. The Morgan fingerprint density at radius 2 is 1.72 bits per heavy atom. The van der Waals surface area contributed by atoms with E-state index in [2.05, 4.69) is 5.32 Å². The van der Waals surface area contributed by atoms with E-state index >= 15 is 0 Å². The molecule has 2 aromatic carbocycles. The van der Waals surface area contributed by atoms with E-state index in [0.717, 1.165) is 18.4 Å². The Balaban J connectivity index is 1.90. The van der Waals surface area contributed by atoms with E-state index in [1.807, 2.05) is 13.0 Å². The van der Waals surface area contributed by atoms with Crippen LogP contribution in [0.2, 0.25) is 0 Å². The number of rotatable bonds is 14. The van der Waals surface area contributed by atoms with Crippen LogP contribution in [0.1, 0.15) is 25.3 Å². The molecule has 0 heterocycles. The lowest BCUT2D eigenvalue weighted by Crippen LogP contribution is -2.28. The number of nitrogens with one attached hydrogen (secondary N) is 1. The first kappa shape index (κ1) is 25.9. The summed E-state index contributed by atoms with van der Waals surface area (Å²) in [5.74, 6) is 0.783. The van der Waals surface area contributed by atoms with Crippen molar-refractivity contribution in [2.75, 3.05) is 47.5 Å². The van der Waals surface area contributed by atoms with E-state index in [4.69, 9.17) is 14.2 Å². The van der Waals surface area contributed by atoms with Crippen molar-refractivity contribution in [2.45, 2.75) is 31.1 Å². The lowest BCUT2D eigenvalue weighted by Gasteiger charge is -2.19. The van der Waals surface area contributed by atoms with Crippen molar-refractivity contribution in [3.05, 3.63) is 47.8 Å². The van der Waals surface area contributed by atoms with E-state index in [9.17, 15) is 12.8 Å². The molecule has 0 saturated heterocycles. The summed E-state index contributed by atoms with van der Waals surface area (Å²) in [6.45, 7) is 4.08. The second-order valence-corrected chi connectivity index (χ2v) is 9.32. The molecule has 0 atom stereocenters. The molecule has 0 bridgehead atoms. The highest BCUT2D eigenvalue weighted by atomic mass is 32.2. The van der Waals surface area contributed by atoms with E-state index in [1.165, 1.54) is 36.7 Å². The van der Waals surface area contributed by atoms with Crippen molar-refractivity contribution in [1.29, 1.82) is 0 Å². The van der Waals surface area contributed by atoms with Gasteiger partial charge in [-0.2, -0.15) is 0 Å². The predicted molar refractivity (Wildman–Crippen MR) is 123 cm³/mol. The van der Waals surface area contributed by atoms with Crippen LogP contribution in [-0.4, -0.2) is 60.2 Å². The number of hydrogen-bond acceptors (Lipinski definition) is 6. The Labute approximate surface area is 190 Å². The highest BCUT2D eigenvalue weighted by molar-refractivity contribution is 7.89. The van der Waals surface area contributed by atoms with Crippen LogP contribution in [0.5, 0.6) is 17.2 Å². The molecule has 32 heavy (non-hydrogen) atoms. The molecule has 9 heteroatoms. The molecule has 0 unspecified atom stereocenters. The quantitative estimate of drug-likeness (QED) is 0.428. The van der Waals surface area contributed by atoms with Crippen LogP contribution in [0.4, 0.5) is 4.39 Å². The Hall–Kier alpha value is -2.36. The fourth-order valence-electron chi connectivity index (χ4n) is 3.10. The number of methoxy groups -OCH3 is 2. The smallest absolute Gasteiger partial charge is 0.246 e. The van der Waals surface area contributed by atoms with Gasteiger partial charge in [0.25, 0.3) is 0 Å². The van der Waals surface area contributed by atoms with Gasteiger partial charge in [-0.3, -0.25) is 0 Å². The summed E-state index contributed by atoms with van der Waals surface area (Å²) < 4.78 is 56.6. The van der Waals surface area contributed by atoms with Crippen molar-refractivity contribution in [3.63, 3.8) is 0 Å². The minimum absolute atomic E-state index is 0.183. The van der Waals surface area contributed by atoms with Gasteiger partial charge < -0.3 is 19.5 Å². The van der Waals surface area contributed by atoms with Crippen LogP contribution < -0.4 is 19.5 Å². The normalized spacial score (nSPS) is 11.6. The molecule has 7 nitrogen and oxygen atoms in total. The SMILES string of the molecule is CCCCN(C)S(=O)(=O)c1cc(CCNCCOc2ccc(F)cc2OC)ccc1OC. The van der Waals surface area contributed by atoms with Gasteiger partial charge in [0, 0.05) is 26.2 Å². The summed E-state index contributed by atoms with van der Waals surface area (Å²) in [7, 11) is 0.898. The first-order valence-corrected chi connectivity index (χ1v) is 12.1. The summed E-state index contributed by atoms with van der Waals surface area (Å²) in [6, 6.07) is 9.37. The predicted octanol–water partition coefficient (Wildman–Crippen LogP) is 3.47. The van der Waals surface area contributed by atoms with E-state index in [0.29, 0.717) is 49.9 Å². The number of nitrogens with zero attached hydrogens (tertiary/aromatic N) is 1. The van der Waals surface area contributed by atoms with Crippen LogP contribution in [0.15, 0.2) is 41.3 Å². The third kappa shape index (κ3) is 7.08. The molecule has 178 valence electrons. The number of benzene rings is 2. The van der Waals surface area contributed by atoms with Crippen molar-refractivity contribution in [3.8, 4) is 17.2 Å². The van der Waals surface area contributed by atoms with Gasteiger partial charge in [0.2, 0.25) is 10.0 Å². The van der Waals surface area contributed by atoms with Gasteiger partial charge >= 0.3 is 0 Å². The van der Waals surface area contributed by atoms with Gasteiger partial charge in [0.05, 0.1) is 14.2 Å². The maximum absolute atomic E-state index is 13.2. The zero-order valence-electron chi connectivity index (χ0n) is 19.2. The molecule has 0 amide bonds. The van der Waals surface area contributed by atoms with Crippen molar-refractivity contribution in [1.82, 2.24) is 9.62 Å². The first-order valence-electron chi connectivity index (χ1n) is 10.6. The maximum atomic E-state index is 13.2. The molecule has 0 aromatic heterocycles. The summed E-state index contributed by atoms with van der Waals surface area (Å²) >= 11 is 0. The fourth-order valence-corrected chi connectivity index (χ4v) is 4.51. The minimum atomic E-state index is -3.63. The van der Waals surface area contributed by atoms with Gasteiger partial charge in [-0.25, -0.2) is 17.1 Å². The molecule has 0 fully saturated rings. The van der Waals surface area contributed by atoms with Crippen LogP contribution >= 0.6 is 0 Å². The molecule has 0 aliphatic carbocycles. The molecule has 1 N–H and O–H groups in total. The largest absolute Gasteiger partial charge is 0.495 e. The summed E-state index contributed by atoms with van der Waals surface area (Å²) in [5, 5.41) is 3.26. The molecule has 0 radical (unpaired) electrons. The monoisotopic (exact) mass is 468 g/mol. The van der Waals surface area contributed by atoms with E-state index < -0.39 is 10.0 Å². The van der Waals surface area contributed by atoms with Gasteiger partial charge in [0.15, 0.2) is 11.5 Å². The minimum Gasteiger partial charge on any atom is -0.495 e. The lowest BCUT2D eigenvalue weighted by atomic mass is 10.1. The zero-order valence-corrected chi connectivity index (χ0v) is 20.0. The molecule has 0 aliphatic rings. The highest BCUT2D eigenvalue weighted by Gasteiger charge is 2.24. The third-order valence-electron chi connectivity index (χ3n) is 5.00. The molecule has 0 aliphatic heterocycles. The number of hydrogen-bond donors (Lipinski definition) is 1. The standard InChI is InChI=1S/C23H33FN2O5S/c1-5-6-14-26(2)32(27,28)23-16-18(7-9-21(23)29-3)11-12-25-13-15-31-20-10-8-19(24)17-22(20)30-4/h7-10,16-17,25H,5-6,11-15H2,1-4H3. The average molecular weight is 469 g/mol. The Kier molecular flexibility index (Phi) is 10.2. The Bertz CT molecular complexity index is 969. The van der Waals surface area contributed by atoms with Crippen LogP contribution in [0.25, 0.3) is 0 Å². The second kappa shape index (κ2) is 12.6. The second-order valence-electron chi connectivity index (χ2n) is 7.31. The van der Waals surface area contributed by atoms with Gasteiger partial charge in [-0.15, -0.1) is 0 Å². The van der Waals surface area contributed by atoms with Gasteiger partial charge in [-0.1, -0.05) is 19.4 Å². The molecule has 2 aromatic rings. The third-order valence-corrected chi connectivity index (χ3v) is 6.87. The summed E-state index contributed by atoms with van der Waals surface area (Å²) in [6.07, 6.45) is 2.36. The topological polar surface area (TPSA) is 77.1 Å². The molecule has 0 spiro atoms.